The Labute approximate surface area is 198 Å². The van der Waals surface area contributed by atoms with Crippen LogP contribution in [-0.4, -0.2) is 17.1 Å². The van der Waals surface area contributed by atoms with Gasteiger partial charge in [0.05, 0.1) is 28.5 Å². The minimum absolute atomic E-state index is 0.192. The molecule has 7 heteroatoms. The van der Waals surface area contributed by atoms with E-state index in [1.54, 1.807) is 26.0 Å². The lowest BCUT2D eigenvalue weighted by molar-refractivity contribution is -0.139. The van der Waals surface area contributed by atoms with Gasteiger partial charge in [0.15, 0.2) is 4.80 Å². The number of benzene rings is 3. The summed E-state index contributed by atoms with van der Waals surface area (Å²) in [5, 5.41) is 2.11. The van der Waals surface area contributed by atoms with E-state index < -0.39 is 17.8 Å². The second-order valence-corrected chi connectivity index (χ2v) is 8.93. The average molecular weight is 473 g/mol. The molecule has 0 spiro atoms. The molecule has 1 aromatic heterocycles. The van der Waals surface area contributed by atoms with E-state index in [0.717, 1.165) is 16.3 Å². The molecule has 3 aromatic carbocycles. The van der Waals surface area contributed by atoms with Gasteiger partial charge in [0.1, 0.15) is 5.82 Å². The van der Waals surface area contributed by atoms with Crippen LogP contribution in [0.1, 0.15) is 31.0 Å². The largest absolute Gasteiger partial charge is 0.463 e. The first-order valence-corrected chi connectivity index (χ1v) is 11.7. The molecule has 0 amide bonds. The molecule has 1 atom stereocenters. The van der Waals surface area contributed by atoms with Crippen molar-refractivity contribution in [2.75, 3.05) is 6.61 Å². The molecule has 5 nitrogen and oxygen atoms in total. The third kappa shape index (κ3) is 3.78. The lowest BCUT2D eigenvalue weighted by Crippen LogP contribution is -2.39. The van der Waals surface area contributed by atoms with Crippen LogP contribution in [0.25, 0.3) is 16.8 Å². The Bertz CT molecular complexity index is 1630. The van der Waals surface area contributed by atoms with E-state index in [-0.39, 0.29) is 17.7 Å². The number of thiazole rings is 1. The highest BCUT2D eigenvalue weighted by molar-refractivity contribution is 7.07. The Morgan fingerprint density at radius 1 is 1.12 bits per heavy atom. The second kappa shape index (κ2) is 8.83. The fourth-order valence-electron chi connectivity index (χ4n) is 4.27. The topological polar surface area (TPSA) is 60.7 Å². The molecule has 170 valence electrons. The summed E-state index contributed by atoms with van der Waals surface area (Å²) in [5.41, 5.74) is 2.02. The molecule has 0 fully saturated rings. The van der Waals surface area contributed by atoms with Crippen LogP contribution in [0.3, 0.4) is 0 Å². The second-order valence-electron chi connectivity index (χ2n) is 7.92. The van der Waals surface area contributed by atoms with E-state index in [1.165, 1.54) is 28.0 Å². The Kier molecular flexibility index (Phi) is 5.71. The Morgan fingerprint density at radius 3 is 2.62 bits per heavy atom. The minimum atomic E-state index is -0.759. The van der Waals surface area contributed by atoms with Gasteiger partial charge in [-0.25, -0.2) is 14.2 Å². The number of ether oxygens (including phenoxy) is 1. The average Bonchev–Trinajstić information content (AvgIpc) is 3.13. The summed E-state index contributed by atoms with van der Waals surface area (Å²) in [5.74, 6) is -0.938. The molecule has 1 aliphatic heterocycles. The first kappa shape index (κ1) is 22.0. The standard InChI is InChI=1S/C27H21FN2O3S/c1-3-33-26(32)23-16(2)29-27-30(24(23)18-11-13-20(28)14-12-18)25(31)22(34-27)15-19-9-6-8-17-7-4-5-10-21(17)19/h4-15,24H,3H2,1-2H3/b22-15-/t24-/m1/s1. The molecule has 2 heterocycles. The maximum atomic E-state index is 13.7. The quantitative estimate of drug-likeness (QED) is 0.421. The predicted octanol–water partition coefficient (Wildman–Crippen LogP) is 4.09. The molecular formula is C27H21FN2O3S. The molecule has 0 unspecified atom stereocenters. The zero-order valence-corrected chi connectivity index (χ0v) is 19.4. The smallest absolute Gasteiger partial charge is 0.338 e. The summed E-state index contributed by atoms with van der Waals surface area (Å²) < 4.78 is 21.0. The van der Waals surface area contributed by atoms with Crippen molar-refractivity contribution in [2.24, 2.45) is 4.99 Å². The molecule has 0 N–H and O–H groups in total. The lowest BCUT2D eigenvalue weighted by Gasteiger charge is -2.24. The highest BCUT2D eigenvalue weighted by Crippen LogP contribution is 2.30. The molecule has 34 heavy (non-hydrogen) atoms. The summed E-state index contributed by atoms with van der Waals surface area (Å²) in [6, 6.07) is 19.0. The van der Waals surface area contributed by atoms with Crippen LogP contribution in [0.4, 0.5) is 4.39 Å². The molecular weight excluding hydrogens is 451 g/mol. The first-order chi connectivity index (χ1) is 16.5. The maximum Gasteiger partial charge on any atom is 0.338 e. The van der Waals surface area contributed by atoms with E-state index in [9.17, 15) is 14.0 Å². The van der Waals surface area contributed by atoms with Gasteiger partial charge in [-0.1, -0.05) is 65.9 Å². The third-order valence-electron chi connectivity index (χ3n) is 5.81. The Morgan fingerprint density at radius 2 is 1.85 bits per heavy atom. The van der Waals surface area contributed by atoms with Crippen LogP contribution in [0, 0.1) is 5.82 Å². The number of esters is 1. The number of hydrogen-bond donors (Lipinski definition) is 0. The monoisotopic (exact) mass is 472 g/mol. The highest BCUT2D eigenvalue weighted by atomic mass is 32.1. The van der Waals surface area contributed by atoms with Gasteiger partial charge in [-0.2, -0.15) is 0 Å². The fourth-order valence-corrected chi connectivity index (χ4v) is 5.31. The van der Waals surface area contributed by atoms with Gasteiger partial charge >= 0.3 is 5.97 Å². The summed E-state index contributed by atoms with van der Waals surface area (Å²) in [7, 11) is 0. The van der Waals surface area contributed by atoms with Crippen molar-refractivity contribution in [1.82, 2.24) is 4.57 Å². The van der Waals surface area contributed by atoms with Crippen LogP contribution in [-0.2, 0) is 9.53 Å². The molecule has 0 saturated carbocycles. The van der Waals surface area contributed by atoms with Crippen molar-refractivity contribution in [3.05, 3.63) is 115 Å². The SMILES string of the molecule is CCOC(=O)C1=C(C)N=c2s/c(=C\c3cccc4ccccc34)c(=O)n2[C@@H]1c1ccc(F)cc1. The number of hydrogen-bond acceptors (Lipinski definition) is 5. The molecule has 5 rings (SSSR count). The van der Waals surface area contributed by atoms with Gasteiger partial charge in [0.25, 0.3) is 5.56 Å². The molecule has 0 aliphatic carbocycles. The van der Waals surface area contributed by atoms with Crippen molar-refractivity contribution in [1.29, 1.82) is 0 Å². The third-order valence-corrected chi connectivity index (χ3v) is 6.80. The van der Waals surface area contributed by atoms with E-state index in [2.05, 4.69) is 4.99 Å². The van der Waals surface area contributed by atoms with E-state index in [1.807, 2.05) is 48.5 Å². The summed E-state index contributed by atoms with van der Waals surface area (Å²) >= 11 is 1.27. The lowest BCUT2D eigenvalue weighted by atomic mass is 9.96. The number of nitrogens with zero attached hydrogens (tertiary/aromatic N) is 2. The fraction of sp³-hybridized carbons (Fsp3) is 0.148. The van der Waals surface area contributed by atoms with Crippen LogP contribution >= 0.6 is 11.3 Å². The summed E-state index contributed by atoms with van der Waals surface area (Å²) in [4.78, 5) is 31.6. The van der Waals surface area contributed by atoms with Gasteiger partial charge in [-0.05, 0) is 54.0 Å². The van der Waals surface area contributed by atoms with Gasteiger partial charge in [0, 0.05) is 0 Å². The molecule has 0 radical (unpaired) electrons. The minimum Gasteiger partial charge on any atom is -0.463 e. The molecule has 4 aromatic rings. The van der Waals surface area contributed by atoms with Crippen LogP contribution in [0.5, 0.6) is 0 Å². The van der Waals surface area contributed by atoms with Gasteiger partial charge in [-0.3, -0.25) is 9.36 Å². The Hall–Kier alpha value is -3.84. The van der Waals surface area contributed by atoms with Crippen molar-refractivity contribution >= 4 is 34.2 Å². The van der Waals surface area contributed by atoms with Gasteiger partial charge in [-0.15, -0.1) is 0 Å². The van der Waals surface area contributed by atoms with Crippen LogP contribution < -0.4 is 14.9 Å². The van der Waals surface area contributed by atoms with Crippen molar-refractivity contribution in [3.8, 4) is 0 Å². The number of aromatic nitrogens is 1. The molecule has 0 bridgehead atoms. The van der Waals surface area contributed by atoms with Crippen molar-refractivity contribution < 1.29 is 13.9 Å². The van der Waals surface area contributed by atoms with E-state index in [0.29, 0.717) is 20.6 Å². The summed E-state index contributed by atoms with van der Waals surface area (Å²) in [6.45, 7) is 3.64. The highest BCUT2D eigenvalue weighted by Gasteiger charge is 2.33. The number of fused-ring (bicyclic) bond motifs is 2. The van der Waals surface area contributed by atoms with Crippen LogP contribution in [0.15, 0.2) is 87.8 Å². The zero-order chi connectivity index (χ0) is 23.8. The summed E-state index contributed by atoms with van der Waals surface area (Å²) in [6.07, 6.45) is 1.86. The predicted molar refractivity (Wildman–Crippen MR) is 131 cm³/mol. The normalized spacial score (nSPS) is 15.9. The number of allylic oxidation sites excluding steroid dienone is 1. The van der Waals surface area contributed by atoms with Gasteiger partial charge in [0.2, 0.25) is 0 Å². The van der Waals surface area contributed by atoms with E-state index in [4.69, 9.17) is 4.74 Å². The maximum absolute atomic E-state index is 13.7. The molecule has 1 aliphatic rings. The first-order valence-electron chi connectivity index (χ1n) is 10.9. The zero-order valence-electron chi connectivity index (χ0n) is 18.6. The number of carbonyl (C=O) groups excluding carboxylic acids is 1. The number of rotatable bonds is 4. The van der Waals surface area contributed by atoms with Crippen molar-refractivity contribution in [2.45, 2.75) is 19.9 Å². The van der Waals surface area contributed by atoms with Crippen LogP contribution in [0.2, 0.25) is 0 Å². The number of halogens is 1. The Balaban J connectivity index is 1.75. The van der Waals surface area contributed by atoms with E-state index >= 15 is 0 Å². The van der Waals surface area contributed by atoms with Gasteiger partial charge < -0.3 is 4.74 Å². The molecule has 0 saturated heterocycles. The van der Waals surface area contributed by atoms with Crippen molar-refractivity contribution in [3.63, 3.8) is 0 Å². The number of carbonyl (C=O) groups is 1.